The maximum absolute atomic E-state index is 13.8. The zero-order valence-electron chi connectivity index (χ0n) is 10.5. The summed E-state index contributed by atoms with van der Waals surface area (Å²) in [7, 11) is -8.04. The van der Waals surface area contributed by atoms with E-state index in [1.54, 1.807) is 13.8 Å². The van der Waals surface area contributed by atoms with Crippen molar-refractivity contribution in [2.45, 2.75) is 23.6 Å². The third-order valence-corrected chi connectivity index (χ3v) is 5.55. The molecule has 0 aliphatic carbocycles. The Morgan fingerprint density at radius 1 is 1.16 bits per heavy atom. The average Bonchev–Trinajstić information content (AvgIpc) is 2.28. The van der Waals surface area contributed by atoms with Crippen LogP contribution in [0.15, 0.2) is 28.0 Å². The first-order chi connectivity index (χ1) is 8.64. The number of sulfonamides is 2. The van der Waals surface area contributed by atoms with Crippen molar-refractivity contribution in [2.24, 2.45) is 5.14 Å². The summed E-state index contributed by atoms with van der Waals surface area (Å²) >= 11 is 0. The van der Waals surface area contributed by atoms with Gasteiger partial charge in [-0.1, -0.05) is 13.8 Å². The smallest absolute Gasteiger partial charge is 0.225 e. The van der Waals surface area contributed by atoms with Crippen molar-refractivity contribution in [3.05, 3.63) is 24.0 Å². The third-order valence-electron chi connectivity index (χ3n) is 2.56. The van der Waals surface area contributed by atoms with Crippen LogP contribution in [0.3, 0.4) is 0 Å². The van der Waals surface area contributed by atoms with Crippen molar-refractivity contribution < 1.29 is 21.2 Å². The van der Waals surface area contributed by atoms with Crippen LogP contribution in [0.4, 0.5) is 4.39 Å². The third kappa shape index (κ3) is 3.30. The minimum absolute atomic E-state index is 0.190. The van der Waals surface area contributed by atoms with Gasteiger partial charge in [0.2, 0.25) is 20.0 Å². The summed E-state index contributed by atoms with van der Waals surface area (Å²) in [5, 5.41) is 4.84. The summed E-state index contributed by atoms with van der Waals surface area (Å²) in [6.07, 6.45) is 0. The summed E-state index contributed by atoms with van der Waals surface area (Å²) in [4.78, 5) is -1.04. The van der Waals surface area contributed by atoms with Gasteiger partial charge < -0.3 is 0 Å². The normalized spacial score (nSPS) is 12.9. The summed E-state index contributed by atoms with van der Waals surface area (Å²) in [5.41, 5.74) is 0. The van der Waals surface area contributed by atoms with Gasteiger partial charge in [0.1, 0.15) is 10.7 Å². The molecule has 1 aromatic rings. The molecule has 2 N–H and O–H groups in total. The van der Waals surface area contributed by atoms with Gasteiger partial charge >= 0.3 is 0 Å². The quantitative estimate of drug-likeness (QED) is 0.856. The lowest BCUT2D eigenvalue weighted by Crippen LogP contribution is -2.31. The number of halogens is 1. The monoisotopic (exact) mass is 310 g/mol. The Labute approximate surface area is 112 Å². The van der Waals surface area contributed by atoms with E-state index in [1.807, 2.05) is 0 Å². The highest BCUT2D eigenvalue weighted by atomic mass is 32.2. The van der Waals surface area contributed by atoms with Gasteiger partial charge in [-0.05, 0) is 18.2 Å². The molecule has 0 amide bonds. The molecule has 0 bridgehead atoms. The molecule has 0 saturated carbocycles. The van der Waals surface area contributed by atoms with Crippen LogP contribution in [0.5, 0.6) is 0 Å². The Morgan fingerprint density at radius 3 is 2.05 bits per heavy atom. The summed E-state index contributed by atoms with van der Waals surface area (Å²) < 4.78 is 61.1. The first-order valence-electron chi connectivity index (χ1n) is 5.47. The van der Waals surface area contributed by atoms with Crippen LogP contribution in [0.2, 0.25) is 0 Å². The van der Waals surface area contributed by atoms with Crippen molar-refractivity contribution in [3.63, 3.8) is 0 Å². The number of rotatable bonds is 5. The molecule has 19 heavy (non-hydrogen) atoms. The van der Waals surface area contributed by atoms with Crippen molar-refractivity contribution in [2.75, 3.05) is 13.1 Å². The van der Waals surface area contributed by atoms with Crippen LogP contribution < -0.4 is 5.14 Å². The molecule has 0 heterocycles. The predicted octanol–water partition coefficient (Wildman–Crippen LogP) is 0.504. The van der Waals surface area contributed by atoms with Crippen LogP contribution >= 0.6 is 0 Å². The topological polar surface area (TPSA) is 97.5 Å². The van der Waals surface area contributed by atoms with E-state index in [2.05, 4.69) is 0 Å². The molecular weight excluding hydrogens is 295 g/mol. The zero-order chi connectivity index (χ0) is 14.8. The molecule has 0 fully saturated rings. The molecule has 0 unspecified atom stereocenters. The number of primary sulfonamides is 1. The van der Waals surface area contributed by atoms with Crippen molar-refractivity contribution >= 4 is 20.0 Å². The molecule has 108 valence electrons. The number of hydrogen-bond acceptors (Lipinski definition) is 4. The Balaban J connectivity index is 3.39. The Hall–Kier alpha value is -1.03. The van der Waals surface area contributed by atoms with E-state index in [1.165, 1.54) is 0 Å². The fraction of sp³-hybridized carbons (Fsp3) is 0.400. The fourth-order valence-corrected chi connectivity index (χ4v) is 3.60. The number of nitrogens with zero attached hydrogens (tertiary/aromatic N) is 1. The van der Waals surface area contributed by atoms with Crippen LogP contribution in [0, 0.1) is 5.82 Å². The van der Waals surface area contributed by atoms with E-state index in [4.69, 9.17) is 5.14 Å². The largest absolute Gasteiger partial charge is 0.245 e. The lowest BCUT2D eigenvalue weighted by atomic mass is 10.3. The van der Waals surface area contributed by atoms with E-state index in [0.717, 1.165) is 16.4 Å². The highest BCUT2D eigenvalue weighted by molar-refractivity contribution is 7.89. The summed E-state index contributed by atoms with van der Waals surface area (Å²) in [6.45, 7) is 3.62. The van der Waals surface area contributed by atoms with Gasteiger partial charge in [0.15, 0.2) is 0 Å². The molecular formula is C10H15FN2O4S2. The maximum Gasteiger partial charge on any atom is 0.245 e. The van der Waals surface area contributed by atoms with Gasteiger partial charge in [0, 0.05) is 13.1 Å². The van der Waals surface area contributed by atoms with Gasteiger partial charge in [0.25, 0.3) is 0 Å². The van der Waals surface area contributed by atoms with E-state index >= 15 is 0 Å². The van der Waals surface area contributed by atoms with Crippen LogP contribution in [0.1, 0.15) is 13.8 Å². The molecule has 0 atom stereocenters. The maximum atomic E-state index is 13.8. The number of hydrogen-bond donors (Lipinski definition) is 1. The van der Waals surface area contributed by atoms with E-state index in [0.29, 0.717) is 6.07 Å². The lowest BCUT2D eigenvalue weighted by molar-refractivity contribution is 0.439. The first kappa shape index (κ1) is 16.0. The Morgan fingerprint density at radius 2 is 1.68 bits per heavy atom. The number of nitrogens with two attached hydrogens (primary N) is 1. The van der Waals surface area contributed by atoms with Gasteiger partial charge in [-0.25, -0.2) is 26.4 Å². The molecule has 0 aromatic heterocycles. The second kappa shape index (κ2) is 5.53. The Kier molecular flexibility index (Phi) is 4.67. The van der Waals surface area contributed by atoms with Gasteiger partial charge in [-0.15, -0.1) is 0 Å². The van der Waals surface area contributed by atoms with E-state index in [-0.39, 0.29) is 13.1 Å². The minimum atomic E-state index is -4.07. The van der Waals surface area contributed by atoms with Crippen molar-refractivity contribution in [1.82, 2.24) is 4.31 Å². The number of benzene rings is 1. The SMILES string of the molecule is CCN(CC)S(=O)(=O)c1ccc(S(N)(=O)=O)cc1F. The highest BCUT2D eigenvalue weighted by Gasteiger charge is 2.26. The average molecular weight is 310 g/mol. The summed E-state index contributed by atoms with van der Waals surface area (Å²) in [6, 6.07) is 2.48. The van der Waals surface area contributed by atoms with Crippen LogP contribution in [-0.4, -0.2) is 34.2 Å². The van der Waals surface area contributed by atoms with Gasteiger partial charge in [-0.2, -0.15) is 4.31 Å². The van der Waals surface area contributed by atoms with E-state index < -0.39 is 35.7 Å². The molecule has 9 heteroatoms. The zero-order valence-corrected chi connectivity index (χ0v) is 12.1. The van der Waals surface area contributed by atoms with Crippen LogP contribution in [0.25, 0.3) is 0 Å². The molecule has 0 spiro atoms. The molecule has 1 rings (SSSR count). The van der Waals surface area contributed by atoms with E-state index in [9.17, 15) is 21.2 Å². The second-order valence-corrected chi connectivity index (χ2v) is 7.19. The van der Waals surface area contributed by atoms with Crippen molar-refractivity contribution in [3.8, 4) is 0 Å². The van der Waals surface area contributed by atoms with Crippen molar-refractivity contribution in [1.29, 1.82) is 0 Å². The predicted molar refractivity (Wildman–Crippen MR) is 67.9 cm³/mol. The molecule has 1 aromatic carbocycles. The van der Waals surface area contributed by atoms with Crippen LogP contribution in [-0.2, 0) is 20.0 Å². The lowest BCUT2D eigenvalue weighted by Gasteiger charge is -2.18. The highest BCUT2D eigenvalue weighted by Crippen LogP contribution is 2.21. The fourth-order valence-electron chi connectivity index (χ4n) is 1.57. The summed E-state index contributed by atoms with van der Waals surface area (Å²) in [5.74, 6) is -1.14. The molecule has 0 aliphatic rings. The first-order valence-corrected chi connectivity index (χ1v) is 8.45. The molecule has 0 aliphatic heterocycles. The minimum Gasteiger partial charge on any atom is -0.225 e. The molecule has 6 nitrogen and oxygen atoms in total. The Bertz CT molecular complexity index is 667. The second-order valence-electron chi connectivity index (χ2n) is 3.73. The molecule has 0 saturated heterocycles. The molecule has 0 radical (unpaired) electrons. The standard InChI is InChI=1S/C10H15FN2O4S2/c1-3-13(4-2)19(16,17)10-6-5-8(7-9(10)11)18(12,14)15/h5-7H,3-4H2,1-2H3,(H2,12,14,15). The van der Waals surface area contributed by atoms with Gasteiger partial charge in [0.05, 0.1) is 4.90 Å². The van der Waals surface area contributed by atoms with Gasteiger partial charge in [-0.3, -0.25) is 0 Å².